The largest absolute Gasteiger partial charge is 0.396 e. The van der Waals surface area contributed by atoms with Crippen LogP contribution >= 0.6 is 180 Å². The number of carbonyl (C=O) groups is 4. The van der Waals surface area contributed by atoms with E-state index in [1.165, 1.54) is 25.5 Å². The second-order valence-electron chi connectivity index (χ2n) is 16.3. The Kier molecular flexibility index (Phi) is 28.7. The van der Waals surface area contributed by atoms with Crippen LogP contribution in [0.25, 0.3) is 0 Å². The maximum Gasteiger partial charge on any atom is 0.259 e. The molecule has 8 aromatic rings. The number of anilines is 7. The molecule has 0 unspecified atom stereocenters. The summed E-state index contributed by atoms with van der Waals surface area (Å²) < 4.78 is 2.76. The Labute approximate surface area is 564 Å². The molecule has 84 heavy (non-hydrogen) atoms. The SMILES string of the molecule is CN.CNc1ncc(Br)cc1C(=O)Nc1c(C)cc(Cl)nc1Cl.Cc1cc(Cl)nc(Cl)c1N.Cc1cc(Cl)nc(Cl)c1NC(=O)c1cc(Br)cnc1Cl.Cc1cc(Cl)nc2c1NC(=O)c1cc(Br)cnc1N2C.O=C(Cl)c1cc(Br)cnc1Cl. The van der Waals surface area contributed by atoms with Gasteiger partial charge in [0.05, 0.1) is 45.0 Å². The van der Waals surface area contributed by atoms with E-state index in [0.29, 0.717) is 80.6 Å². The van der Waals surface area contributed by atoms with Crippen LogP contribution < -0.4 is 37.6 Å². The third-order valence-corrected chi connectivity index (χ3v) is 14.6. The molecule has 442 valence electrons. The van der Waals surface area contributed by atoms with Crippen molar-refractivity contribution in [2.75, 3.05) is 53.0 Å². The summed E-state index contributed by atoms with van der Waals surface area (Å²) in [7, 11) is 5.00. The molecule has 0 radical (unpaired) electrons. The molecule has 0 saturated heterocycles. The van der Waals surface area contributed by atoms with Crippen LogP contribution in [-0.4, -0.2) is 84.0 Å². The number of aryl methyl sites for hydroxylation is 4. The van der Waals surface area contributed by atoms with Crippen molar-refractivity contribution in [3.8, 4) is 0 Å². The third-order valence-electron chi connectivity index (χ3n) is 10.5. The van der Waals surface area contributed by atoms with Gasteiger partial charge in [0.2, 0.25) is 0 Å². The van der Waals surface area contributed by atoms with Gasteiger partial charge in [-0.05, 0) is 181 Å². The number of amides is 3. The molecule has 19 nitrogen and oxygen atoms in total. The van der Waals surface area contributed by atoms with Gasteiger partial charge >= 0.3 is 0 Å². The normalized spacial score (nSPS) is 10.8. The third kappa shape index (κ3) is 20.3. The van der Waals surface area contributed by atoms with Crippen molar-refractivity contribution in [3.05, 3.63) is 182 Å². The molecule has 0 atom stereocenters. The lowest BCUT2D eigenvalue weighted by atomic mass is 10.2. The lowest BCUT2D eigenvalue weighted by Crippen LogP contribution is -2.16. The maximum atomic E-state index is 12.4. The molecule has 9 rings (SSSR count). The zero-order chi connectivity index (χ0) is 63.0. The number of halogens is 14. The molecular weight excluding hydrogens is 1560 g/mol. The molecule has 8 N–H and O–H groups in total. The Hall–Kier alpha value is -4.54. The van der Waals surface area contributed by atoms with E-state index < -0.39 is 11.1 Å². The van der Waals surface area contributed by atoms with E-state index in [-0.39, 0.29) is 59.0 Å². The van der Waals surface area contributed by atoms with Crippen molar-refractivity contribution in [2.24, 2.45) is 5.73 Å². The average molecular weight is 1600 g/mol. The molecule has 0 spiro atoms. The summed E-state index contributed by atoms with van der Waals surface area (Å²) in [6.07, 6.45) is 6.24. The highest BCUT2D eigenvalue weighted by molar-refractivity contribution is 9.11. The Morgan fingerprint density at radius 2 is 0.929 bits per heavy atom. The van der Waals surface area contributed by atoms with Crippen LogP contribution in [0.2, 0.25) is 46.4 Å². The van der Waals surface area contributed by atoms with Crippen molar-refractivity contribution in [1.29, 1.82) is 0 Å². The number of carbonyl (C=O) groups excluding carboxylic acids is 4. The van der Waals surface area contributed by atoms with Gasteiger partial charge in [-0.2, -0.15) is 0 Å². The molecule has 0 fully saturated rings. The minimum Gasteiger partial charge on any atom is -0.396 e. The minimum absolute atomic E-state index is 0.0985. The van der Waals surface area contributed by atoms with E-state index in [4.69, 9.17) is 122 Å². The van der Waals surface area contributed by atoms with Crippen LogP contribution in [0.1, 0.15) is 63.7 Å². The van der Waals surface area contributed by atoms with Gasteiger partial charge in [-0.25, -0.2) is 39.9 Å². The number of nitrogens with two attached hydrogens (primary N) is 2. The predicted octanol–water partition coefficient (Wildman–Crippen LogP) is 17.2. The highest BCUT2D eigenvalue weighted by Gasteiger charge is 2.27. The van der Waals surface area contributed by atoms with Crippen LogP contribution in [0.3, 0.4) is 0 Å². The molecular formula is C51H41Br4Cl10N15O4. The fourth-order valence-electron chi connectivity index (χ4n) is 6.57. The van der Waals surface area contributed by atoms with Gasteiger partial charge < -0.3 is 37.6 Å². The van der Waals surface area contributed by atoms with Gasteiger partial charge in [-0.1, -0.05) is 104 Å². The second kappa shape index (κ2) is 33.5. The first-order valence-electron chi connectivity index (χ1n) is 23.0. The lowest BCUT2D eigenvalue weighted by molar-refractivity contribution is 0.101. The van der Waals surface area contributed by atoms with Gasteiger partial charge in [-0.3, -0.25) is 19.2 Å². The number of nitrogen functional groups attached to an aromatic ring is 1. The fraction of sp³-hybridized carbons (Fsp3) is 0.137. The van der Waals surface area contributed by atoms with Gasteiger partial charge in [0, 0.05) is 56.8 Å². The number of rotatable bonds is 6. The van der Waals surface area contributed by atoms with E-state index >= 15 is 0 Å². The van der Waals surface area contributed by atoms with Crippen molar-refractivity contribution in [2.45, 2.75) is 27.7 Å². The highest BCUT2D eigenvalue weighted by Crippen LogP contribution is 2.38. The number of nitrogens with one attached hydrogen (secondary N) is 4. The van der Waals surface area contributed by atoms with Crippen LogP contribution in [-0.2, 0) is 0 Å². The summed E-state index contributed by atoms with van der Waals surface area (Å²) in [6.45, 7) is 7.25. The summed E-state index contributed by atoms with van der Waals surface area (Å²) in [4.78, 5) is 81.2. The topological polar surface area (TPSA) is 275 Å². The number of hydrogen-bond acceptors (Lipinski definition) is 16. The Bertz CT molecular complexity index is 3710. The molecule has 33 heteroatoms. The molecule has 3 amide bonds. The first-order valence-corrected chi connectivity index (χ1v) is 29.9. The van der Waals surface area contributed by atoms with Crippen LogP contribution in [0.5, 0.6) is 0 Å². The number of fused-ring (bicyclic) bond motifs is 2. The monoisotopic (exact) mass is 1590 g/mol. The van der Waals surface area contributed by atoms with Gasteiger partial charge in [0.25, 0.3) is 23.0 Å². The molecule has 0 saturated carbocycles. The summed E-state index contributed by atoms with van der Waals surface area (Å²) >= 11 is 70.4. The minimum atomic E-state index is -0.608. The zero-order valence-electron chi connectivity index (χ0n) is 44.0. The molecule has 0 aromatic carbocycles. The number of aromatic nitrogens is 8. The standard InChI is InChI=1S/C13H11BrCl2N4O.C13H10BrClN4O.C12H7BrCl3N3O.C6H2BrCl2NO.C6H6Cl2N2.CH5N/c1-6-3-9(15)19-11(16)10(6)20-13(21)8-4-7(14)5-18-12(8)17-2;1-6-3-9(15)17-12-10(6)18-13(20)8-4-7(14)5-16-11(8)19(12)2;1-5-2-8(14)18-11(16)9(5)19-12(20)7-3-6(13)4-17-10(7)15;7-3-1-4(6(9)11)5(8)10-2-3;1-3-2-4(7)10-6(8)5(3)9;1-2/h3-5H,1-2H3,(H,17,18)(H,20,21);3-5H,1-2H3,(H,18,20);2-4H,1H3,(H,19,20);1-2H;2H,9H2,1H3;2H2,1H3. The van der Waals surface area contributed by atoms with Gasteiger partial charge in [0.1, 0.15) is 42.6 Å². The first-order chi connectivity index (χ1) is 39.5. The Morgan fingerprint density at radius 3 is 1.40 bits per heavy atom. The summed E-state index contributed by atoms with van der Waals surface area (Å²) in [5, 5.41) is 12.5. The molecule has 9 heterocycles. The van der Waals surface area contributed by atoms with E-state index in [0.717, 1.165) is 21.2 Å². The quantitative estimate of drug-likeness (QED) is 0.0667. The van der Waals surface area contributed by atoms with E-state index in [1.807, 2.05) is 20.9 Å². The van der Waals surface area contributed by atoms with Crippen LogP contribution in [0, 0.1) is 27.7 Å². The van der Waals surface area contributed by atoms with Crippen molar-refractivity contribution >= 4 is 243 Å². The van der Waals surface area contributed by atoms with Crippen molar-refractivity contribution in [1.82, 2.24) is 39.9 Å². The smallest absolute Gasteiger partial charge is 0.259 e. The Morgan fingerprint density at radius 1 is 0.524 bits per heavy atom. The maximum absolute atomic E-state index is 12.4. The molecule has 0 aliphatic carbocycles. The van der Waals surface area contributed by atoms with Crippen LogP contribution in [0.4, 0.5) is 40.2 Å². The number of nitrogens with zero attached hydrogens (tertiary/aromatic N) is 9. The predicted molar refractivity (Wildman–Crippen MR) is 355 cm³/mol. The highest BCUT2D eigenvalue weighted by atomic mass is 79.9. The van der Waals surface area contributed by atoms with E-state index in [9.17, 15) is 19.2 Å². The Balaban J connectivity index is 0.000000230. The summed E-state index contributed by atoms with van der Waals surface area (Å²) in [5.74, 6) is 0.591. The summed E-state index contributed by atoms with van der Waals surface area (Å²) in [5.41, 5.74) is 16.4. The first kappa shape index (κ1) is 71.9. The number of hydrogen-bond donors (Lipinski definition) is 6. The van der Waals surface area contributed by atoms with Gasteiger partial charge in [0.15, 0.2) is 21.3 Å². The van der Waals surface area contributed by atoms with Crippen molar-refractivity contribution in [3.63, 3.8) is 0 Å². The molecule has 8 aromatic heterocycles. The van der Waals surface area contributed by atoms with E-state index in [2.05, 4.69) is 131 Å². The molecule has 1 aliphatic heterocycles. The van der Waals surface area contributed by atoms with E-state index in [1.54, 1.807) is 80.7 Å². The molecule has 0 bridgehead atoms. The average Bonchev–Trinajstić information content (AvgIpc) is 2.59. The van der Waals surface area contributed by atoms with Crippen LogP contribution in [0.15, 0.2) is 91.2 Å². The zero-order valence-corrected chi connectivity index (χ0v) is 57.9. The lowest BCUT2D eigenvalue weighted by Gasteiger charge is -2.19. The second-order valence-corrected chi connectivity index (χ2v) is 23.6. The number of pyridine rings is 8. The van der Waals surface area contributed by atoms with Crippen molar-refractivity contribution < 1.29 is 19.2 Å². The van der Waals surface area contributed by atoms with Gasteiger partial charge in [-0.15, -0.1) is 0 Å². The summed E-state index contributed by atoms with van der Waals surface area (Å²) in [6, 6.07) is 13.1. The fourth-order valence-corrected chi connectivity index (χ4v) is 10.4. The molecule has 1 aliphatic rings.